The first-order valence-electron chi connectivity index (χ1n) is 6.40. The van der Waals surface area contributed by atoms with Crippen LogP contribution < -0.4 is 5.32 Å². The Kier molecular flexibility index (Phi) is 4.39. The molecule has 0 radical (unpaired) electrons. The van der Waals surface area contributed by atoms with Gasteiger partial charge in [-0.15, -0.1) is 0 Å². The van der Waals surface area contributed by atoms with Crippen LogP contribution in [0.25, 0.3) is 0 Å². The second-order valence-electron chi connectivity index (χ2n) is 4.68. The van der Waals surface area contributed by atoms with Gasteiger partial charge in [0.25, 0.3) is 0 Å². The zero-order chi connectivity index (χ0) is 13.7. The largest absolute Gasteiger partial charge is 0.445 e. The number of nitrogens with one attached hydrogen (secondary N) is 1. The smallest absolute Gasteiger partial charge is 0.410 e. The molecule has 0 saturated carbocycles. The van der Waals surface area contributed by atoms with Crippen molar-refractivity contribution in [1.82, 2.24) is 10.2 Å². The summed E-state index contributed by atoms with van der Waals surface area (Å²) in [4.78, 5) is 25.0. The van der Waals surface area contributed by atoms with Crippen molar-refractivity contribution in [2.24, 2.45) is 5.92 Å². The molecule has 1 saturated heterocycles. The molecule has 5 heteroatoms. The summed E-state index contributed by atoms with van der Waals surface area (Å²) in [6, 6.07) is 9.53. The maximum absolute atomic E-state index is 11.9. The van der Waals surface area contributed by atoms with Gasteiger partial charge >= 0.3 is 6.09 Å². The topological polar surface area (TPSA) is 58.6 Å². The van der Waals surface area contributed by atoms with Crippen molar-refractivity contribution in [2.45, 2.75) is 13.5 Å². The molecular formula is C14H18N2O3. The molecule has 1 aromatic rings. The second kappa shape index (κ2) is 6.22. The third kappa shape index (κ3) is 3.71. The van der Waals surface area contributed by atoms with E-state index in [1.807, 2.05) is 30.3 Å². The van der Waals surface area contributed by atoms with E-state index < -0.39 is 0 Å². The average molecular weight is 262 g/mol. The predicted molar refractivity (Wildman–Crippen MR) is 70.4 cm³/mol. The van der Waals surface area contributed by atoms with Crippen molar-refractivity contribution in [1.29, 1.82) is 0 Å². The normalized spacial score (nSPS) is 19.5. The molecule has 0 aliphatic carbocycles. The summed E-state index contributed by atoms with van der Waals surface area (Å²) in [5.41, 5.74) is 0.952. The highest BCUT2D eigenvalue weighted by molar-refractivity contribution is 5.80. The van der Waals surface area contributed by atoms with E-state index in [0.717, 1.165) is 5.56 Å². The molecule has 2 amide bonds. The number of hydrogen-bond donors (Lipinski definition) is 1. The van der Waals surface area contributed by atoms with Crippen LogP contribution in [0.1, 0.15) is 12.5 Å². The number of carbonyl (C=O) groups is 2. The second-order valence-corrected chi connectivity index (χ2v) is 4.68. The van der Waals surface area contributed by atoms with E-state index in [0.29, 0.717) is 19.6 Å². The van der Waals surface area contributed by atoms with Crippen LogP contribution in [0, 0.1) is 5.92 Å². The first kappa shape index (κ1) is 13.4. The summed E-state index contributed by atoms with van der Waals surface area (Å²) in [5, 5.41) is 2.76. The number of benzene rings is 1. The lowest BCUT2D eigenvalue weighted by atomic mass is 10.1. The number of hydrogen-bond acceptors (Lipinski definition) is 3. The molecule has 1 heterocycles. The van der Waals surface area contributed by atoms with Crippen LogP contribution in [-0.4, -0.2) is 36.5 Å². The van der Waals surface area contributed by atoms with E-state index in [4.69, 9.17) is 4.74 Å². The summed E-state index contributed by atoms with van der Waals surface area (Å²) in [6.07, 6.45) is -0.368. The zero-order valence-corrected chi connectivity index (χ0v) is 11.0. The highest BCUT2D eigenvalue weighted by atomic mass is 16.6. The Hall–Kier alpha value is -2.04. The summed E-state index contributed by atoms with van der Waals surface area (Å²) in [7, 11) is 0. The summed E-state index contributed by atoms with van der Waals surface area (Å²) in [6.45, 7) is 3.43. The number of amides is 2. The monoisotopic (exact) mass is 262 g/mol. The lowest BCUT2D eigenvalue weighted by Gasteiger charge is -2.20. The fraction of sp³-hybridized carbons (Fsp3) is 0.429. The maximum atomic E-state index is 11.9. The predicted octanol–water partition coefficient (Wildman–Crippen LogP) is 1.39. The molecule has 0 aromatic heterocycles. The maximum Gasteiger partial charge on any atom is 0.410 e. The number of carbonyl (C=O) groups excluding carboxylic acids is 2. The first-order valence-corrected chi connectivity index (χ1v) is 6.40. The van der Waals surface area contributed by atoms with Gasteiger partial charge in [0.15, 0.2) is 0 Å². The highest BCUT2D eigenvalue weighted by Gasteiger charge is 2.24. The van der Waals surface area contributed by atoms with Crippen molar-refractivity contribution in [3.05, 3.63) is 35.9 Å². The van der Waals surface area contributed by atoms with Gasteiger partial charge in [0, 0.05) is 19.6 Å². The van der Waals surface area contributed by atoms with Crippen LogP contribution >= 0.6 is 0 Å². The molecule has 0 bridgehead atoms. The molecule has 1 atom stereocenters. The lowest BCUT2D eigenvalue weighted by Crippen LogP contribution is -2.36. The molecule has 5 nitrogen and oxygen atoms in total. The molecule has 1 aromatic carbocycles. The van der Waals surface area contributed by atoms with Crippen LogP contribution in [0.5, 0.6) is 0 Å². The molecule has 1 unspecified atom stereocenters. The van der Waals surface area contributed by atoms with Gasteiger partial charge in [-0.2, -0.15) is 0 Å². The minimum atomic E-state index is -0.368. The third-order valence-electron chi connectivity index (χ3n) is 3.09. The van der Waals surface area contributed by atoms with Gasteiger partial charge in [0.1, 0.15) is 6.61 Å². The molecule has 1 fully saturated rings. The van der Waals surface area contributed by atoms with Crippen molar-refractivity contribution in [3.63, 3.8) is 0 Å². The van der Waals surface area contributed by atoms with E-state index in [-0.39, 0.29) is 24.5 Å². The van der Waals surface area contributed by atoms with Crippen LogP contribution in [0.2, 0.25) is 0 Å². The molecule has 1 aliphatic rings. The zero-order valence-electron chi connectivity index (χ0n) is 11.0. The van der Waals surface area contributed by atoms with Gasteiger partial charge in [-0.3, -0.25) is 4.79 Å². The highest BCUT2D eigenvalue weighted by Crippen LogP contribution is 2.08. The molecule has 1 aliphatic heterocycles. The molecular weight excluding hydrogens is 244 g/mol. The summed E-state index contributed by atoms with van der Waals surface area (Å²) < 4.78 is 5.25. The quantitative estimate of drug-likeness (QED) is 0.876. The van der Waals surface area contributed by atoms with Gasteiger partial charge in [-0.1, -0.05) is 37.3 Å². The number of ether oxygens (including phenoxy) is 1. The van der Waals surface area contributed by atoms with Gasteiger partial charge < -0.3 is 15.0 Å². The van der Waals surface area contributed by atoms with E-state index in [9.17, 15) is 9.59 Å². The van der Waals surface area contributed by atoms with Crippen molar-refractivity contribution in [3.8, 4) is 0 Å². The number of nitrogens with zero attached hydrogens (tertiary/aromatic N) is 1. The van der Waals surface area contributed by atoms with Gasteiger partial charge in [0.05, 0.1) is 5.92 Å². The fourth-order valence-corrected chi connectivity index (χ4v) is 1.97. The Labute approximate surface area is 112 Å². The molecule has 2 rings (SSSR count). The number of rotatable bonds is 2. The van der Waals surface area contributed by atoms with Crippen LogP contribution in [0.3, 0.4) is 0 Å². The van der Waals surface area contributed by atoms with Crippen LogP contribution in [-0.2, 0) is 16.1 Å². The standard InChI is InChI=1S/C14H18N2O3/c1-11-9-16(8-7-15-13(11)17)14(18)19-10-12-5-3-2-4-6-12/h2-6,11H,7-10H2,1H3,(H,15,17). The van der Waals surface area contributed by atoms with Gasteiger partial charge in [0.2, 0.25) is 5.91 Å². The Balaban J connectivity index is 1.87. The van der Waals surface area contributed by atoms with Crippen molar-refractivity contribution in [2.75, 3.05) is 19.6 Å². The molecule has 1 N–H and O–H groups in total. The van der Waals surface area contributed by atoms with Crippen LogP contribution in [0.15, 0.2) is 30.3 Å². The minimum absolute atomic E-state index is 0.0154. The van der Waals surface area contributed by atoms with E-state index in [1.165, 1.54) is 0 Å². The molecule has 19 heavy (non-hydrogen) atoms. The van der Waals surface area contributed by atoms with Gasteiger partial charge in [-0.25, -0.2) is 4.79 Å². The minimum Gasteiger partial charge on any atom is -0.445 e. The van der Waals surface area contributed by atoms with Crippen molar-refractivity contribution >= 4 is 12.0 Å². The SMILES string of the molecule is CC1CN(C(=O)OCc2ccccc2)CCNC1=O. The Bertz CT molecular complexity index is 447. The third-order valence-corrected chi connectivity index (χ3v) is 3.09. The summed E-state index contributed by atoms with van der Waals surface area (Å²) >= 11 is 0. The Morgan fingerprint density at radius 2 is 2.16 bits per heavy atom. The molecule has 0 spiro atoms. The fourth-order valence-electron chi connectivity index (χ4n) is 1.97. The van der Waals surface area contributed by atoms with E-state index in [1.54, 1.807) is 11.8 Å². The lowest BCUT2D eigenvalue weighted by molar-refractivity contribution is -0.123. The van der Waals surface area contributed by atoms with Gasteiger partial charge in [-0.05, 0) is 5.56 Å². The van der Waals surface area contributed by atoms with Crippen LogP contribution in [0.4, 0.5) is 4.79 Å². The van der Waals surface area contributed by atoms with E-state index >= 15 is 0 Å². The first-order chi connectivity index (χ1) is 9.16. The Morgan fingerprint density at radius 1 is 1.42 bits per heavy atom. The Morgan fingerprint density at radius 3 is 2.89 bits per heavy atom. The molecule has 102 valence electrons. The average Bonchev–Trinajstić information content (AvgIpc) is 2.60. The van der Waals surface area contributed by atoms with E-state index in [2.05, 4.69) is 5.32 Å². The summed E-state index contributed by atoms with van der Waals surface area (Å²) in [5.74, 6) is -0.217. The van der Waals surface area contributed by atoms with Crippen molar-refractivity contribution < 1.29 is 14.3 Å².